The van der Waals surface area contributed by atoms with Gasteiger partial charge in [-0.3, -0.25) is 10.2 Å². The number of ether oxygens (including phenoxy) is 3. The van der Waals surface area contributed by atoms with E-state index in [1.54, 1.807) is 11.3 Å². The molecule has 1 aromatic carbocycles. The van der Waals surface area contributed by atoms with Gasteiger partial charge in [0.1, 0.15) is 18.4 Å². The fourth-order valence-corrected chi connectivity index (χ4v) is 3.66. The van der Waals surface area contributed by atoms with Crippen molar-refractivity contribution < 1.29 is 19.0 Å². The second-order valence-electron chi connectivity index (χ2n) is 6.22. The molecular weight excluding hydrogens is 354 g/mol. The molecule has 2 aliphatic heterocycles. The van der Waals surface area contributed by atoms with Crippen LogP contribution in [0.25, 0.3) is 0 Å². The molecule has 2 unspecified atom stereocenters. The van der Waals surface area contributed by atoms with Gasteiger partial charge in [0.25, 0.3) is 0 Å². The van der Waals surface area contributed by atoms with E-state index >= 15 is 0 Å². The number of hydrogen-bond donors (Lipinski definition) is 3. The van der Waals surface area contributed by atoms with Crippen LogP contribution >= 0.6 is 11.3 Å². The highest BCUT2D eigenvalue weighted by Crippen LogP contribution is 2.35. The third-order valence-corrected chi connectivity index (χ3v) is 5.28. The second kappa shape index (κ2) is 7.94. The van der Waals surface area contributed by atoms with Crippen LogP contribution in [0.1, 0.15) is 11.3 Å². The summed E-state index contributed by atoms with van der Waals surface area (Å²) in [4.78, 5) is 13.5. The number of amides is 1. The van der Waals surface area contributed by atoms with Crippen LogP contribution in [-0.4, -0.2) is 37.9 Å². The van der Waals surface area contributed by atoms with Gasteiger partial charge in [0.05, 0.1) is 6.04 Å². The Morgan fingerprint density at radius 2 is 2.19 bits per heavy atom. The van der Waals surface area contributed by atoms with Gasteiger partial charge in [-0.25, -0.2) is 5.43 Å². The number of rotatable bonds is 7. The largest absolute Gasteiger partial charge is 0.492 e. The van der Waals surface area contributed by atoms with Crippen molar-refractivity contribution in [2.24, 2.45) is 0 Å². The van der Waals surface area contributed by atoms with Crippen LogP contribution in [0.15, 0.2) is 35.7 Å². The van der Waals surface area contributed by atoms with E-state index in [9.17, 15) is 4.79 Å². The monoisotopic (exact) mass is 375 g/mol. The number of nitrogens with one attached hydrogen (secondary N) is 3. The SMILES string of the molecule is O=C(NCCc1cccs1)C1CC(COc2ccc3c(c2)OCO3)NN1. The molecule has 0 bridgehead atoms. The molecule has 7 nitrogen and oxygen atoms in total. The summed E-state index contributed by atoms with van der Waals surface area (Å²) >= 11 is 1.71. The third kappa shape index (κ3) is 4.09. The molecule has 2 aromatic rings. The molecule has 8 heteroatoms. The van der Waals surface area contributed by atoms with Crippen molar-refractivity contribution in [3.63, 3.8) is 0 Å². The molecule has 4 rings (SSSR count). The number of carbonyl (C=O) groups is 1. The van der Waals surface area contributed by atoms with E-state index in [1.807, 2.05) is 29.6 Å². The van der Waals surface area contributed by atoms with Crippen molar-refractivity contribution in [1.29, 1.82) is 0 Å². The molecule has 0 radical (unpaired) electrons. The van der Waals surface area contributed by atoms with Crippen LogP contribution in [0.2, 0.25) is 0 Å². The maximum absolute atomic E-state index is 12.2. The number of carbonyl (C=O) groups excluding carboxylic acids is 1. The van der Waals surface area contributed by atoms with Crippen molar-refractivity contribution in [3.8, 4) is 17.2 Å². The minimum Gasteiger partial charge on any atom is -0.492 e. The molecular formula is C18H21N3O4S. The Labute approximate surface area is 155 Å². The molecule has 1 aromatic heterocycles. The Hall–Kier alpha value is -2.29. The lowest BCUT2D eigenvalue weighted by Gasteiger charge is -2.12. The van der Waals surface area contributed by atoms with Crippen LogP contribution in [0, 0.1) is 0 Å². The Morgan fingerprint density at radius 3 is 3.08 bits per heavy atom. The van der Waals surface area contributed by atoms with Gasteiger partial charge in [0.2, 0.25) is 12.7 Å². The van der Waals surface area contributed by atoms with Gasteiger partial charge in [0, 0.05) is 17.5 Å². The van der Waals surface area contributed by atoms with Crippen molar-refractivity contribution in [2.45, 2.75) is 24.9 Å². The fraction of sp³-hybridized carbons (Fsp3) is 0.389. The lowest BCUT2D eigenvalue weighted by molar-refractivity contribution is -0.122. The highest BCUT2D eigenvalue weighted by molar-refractivity contribution is 7.09. The average Bonchev–Trinajstić information content (AvgIpc) is 3.40. The van der Waals surface area contributed by atoms with Crippen molar-refractivity contribution >= 4 is 17.2 Å². The number of hydrazine groups is 1. The predicted molar refractivity (Wildman–Crippen MR) is 97.6 cm³/mol. The van der Waals surface area contributed by atoms with E-state index in [2.05, 4.69) is 22.2 Å². The second-order valence-corrected chi connectivity index (χ2v) is 7.25. The molecule has 1 saturated heterocycles. The van der Waals surface area contributed by atoms with Crippen LogP contribution in [0.3, 0.4) is 0 Å². The Balaban J connectivity index is 1.19. The zero-order valence-corrected chi connectivity index (χ0v) is 15.0. The number of benzene rings is 1. The first-order chi connectivity index (χ1) is 12.8. The normalized spacial score (nSPS) is 20.9. The third-order valence-electron chi connectivity index (χ3n) is 4.34. The quantitative estimate of drug-likeness (QED) is 0.680. The van der Waals surface area contributed by atoms with Gasteiger partial charge < -0.3 is 19.5 Å². The van der Waals surface area contributed by atoms with Crippen LogP contribution < -0.4 is 30.4 Å². The van der Waals surface area contributed by atoms with E-state index < -0.39 is 0 Å². The van der Waals surface area contributed by atoms with Gasteiger partial charge in [-0.1, -0.05) is 6.07 Å². The van der Waals surface area contributed by atoms with E-state index in [4.69, 9.17) is 14.2 Å². The first-order valence-electron chi connectivity index (χ1n) is 8.61. The summed E-state index contributed by atoms with van der Waals surface area (Å²) in [7, 11) is 0. The highest BCUT2D eigenvalue weighted by atomic mass is 32.1. The lowest BCUT2D eigenvalue weighted by atomic mass is 10.1. The van der Waals surface area contributed by atoms with Crippen molar-refractivity contribution in [1.82, 2.24) is 16.2 Å². The number of fused-ring (bicyclic) bond motifs is 1. The smallest absolute Gasteiger partial charge is 0.238 e. The Morgan fingerprint density at radius 1 is 1.27 bits per heavy atom. The summed E-state index contributed by atoms with van der Waals surface area (Å²) in [5, 5.41) is 5.03. The highest BCUT2D eigenvalue weighted by Gasteiger charge is 2.29. The van der Waals surface area contributed by atoms with Crippen molar-refractivity contribution in [3.05, 3.63) is 40.6 Å². The van der Waals surface area contributed by atoms with E-state index in [0.717, 1.165) is 17.9 Å². The van der Waals surface area contributed by atoms with Gasteiger partial charge in [-0.05, 0) is 36.4 Å². The molecule has 2 aliphatic rings. The van der Waals surface area contributed by atoms with Crippen molar-refractivity contribution in [2.75, 3.05) is 19.9 Å². The maximum Gasteiger partial charge on any atom is 0.238 e. The predicted octanol–water partition coefficient (Wildman–Crippen LogP) is 1.45. The molecule has 138 valence electrons. The number of hydrogen-bond acceptors (Lipinski definition) is 7. The minimum absolute atomic E-state index is 0.0136. The van der Waals surface area contributed by atoms with Gasteiger partial charge in [-0.15, -0.1) is 11.3 Å². The fourth-order valence-electron chi connectivity index (χ4n) is 2.95. The molecule has 0 aliphatic carbocycles. The van der Waals surface area contributed by atoms with E-state index in [-0.39, 0.29) is 24.8 Å². The summed E-state index contributed by atoms with van der Waals surface area (Å²) in [6, 6.07) is 9.42. The molecule has 2 atom stereocenters. The molecule has 0 saturated carbocycles. The molecule has 26 heavy (non-hydrogen) atoms. The Bertz CT molecular complexity index is 753. The first-order valence-corrected chi connectivity index (χ1v) is 9.49. The zero-order chi connectivity index (χ0) is 17.8. The molecule has 0 spiro atoms. The number of thiophene rings is 1. The summed E-state index contributed by atoms with van der Waals surface area (Å²) in [5.74, 6) is 2.17. The molecule has 1 fully saturated rings. The average molecular weight is 375 g/mol. The van der Waals surface area contributed by atoms with Gasteiger partial charge >= 0.3 is 0 Å². The standard InChI is InChI=1S/C18H21N3O4S/c22-18(19-6-5-14-2-1-7-26-14)15-8-12(20-21-15)10-23-13-3-4-16-17(9-13)25-11-24-16/h1-4,7,9,12,15,20-21H,5-6,8,10-11H2,(H,19,22). The lowest BCUT2D eigenvalue weighted by Crippen LogP contribution is -2.44. The molecule has 3 heterocycles. The first kappa shape index (κ1) is 17.1. The van der Waals surface area contributed by atoms with E-state index in [0.29, 0.717) is 25.3 Å². The topological polar surface area (TPSA) is 80.9 Å². The maximum atomic E-state index is 12.2. The van der Waals surface area contributed by atoms with Crippen LogP contribution in [-0.2, 0) is 11.2 Å². The van der Waals surface area contributed by atoms with Gasteiger partial charge in [-0.2, -0.15) is 0 Å². The summed E-state index contributed by atoms with van der Waals surface area (Å²) in [5.41, 5.74) is 6.17. The Kier molecular flexibility index (Phi) is 5.24. The molecule has 1 amide bonds. The summed E-state index contributed by atoms with van der Waals surface area (Å²) in [6.45, 7) is 1.36. The van der Waals surface area contributed by atoms with E-state index in [1.165, 1.54) is 4.88 Å². The minimum atomic E-state index is -0.247. The molecule has 3 N–H and O–H groups in total. The summed E-state index contributed by atoms with van der Waals surface area (Å²) < 4.78 is 16.4. The van der Waals surface area contributed by atoms with Gasteiger partial charge in [0.15, 0.2) is 11.5 Å². The van der Waals surface area contributed by atoms with Crippen LogP contribution in [0.4, 0.5) is 0 Å². The van der Waals surface area contributed by atoms with Crippen LogP contribution in [0.5, 0.6) is 17.2 Å². The zero-order valence-electron chi connectivity index (χ0n) is 14.2. The summed E-state index contributed by atoms with van der Waals surface area (Å²) in [6.07, 6.45) is 1.54.